The third kappa shape index (κ3) is 5.61. The fourth-order valence-electron chi connectivity index (χ4n) is 3.42. The molecule has 33 heavy (non-hydrogen) atoms. The van der Waals surface area contributed by atoms with Crippen LogP contribution in [0.25, 0.3) is 11.5 Å². The first-order valence-electron chi connectivity index (χ1n) is 10.9. The predicted octanol–water partition coefficient (Wildman–Crippen LogP) is 4.26. The highest BCUT2D eigenvalue weighted by Gasteiger charge is 2.26. The summed E-state index contributed by atoms with van der Waals surface area (Å²) in [5.41, 5.74) is 1.71. The van der Waals surface area contributed by atoms with Crippen LogP contribution >= 0.6 is 0 Å². The van der Waals surface area contributed by atoms with E-state index >= 15 is 0 Å². The molecule has 9 heteroatoms. The zero-order valence-corrected chi connectivity index (χ0v) is 20.1. The molecule has 0 aliphatic rings. The normalized spacial score (nSPS) is 11.5. The van der Waals surface area contributed by atoms with E-state index in [1.807, 2.05) is 30.3 Å². The summed E-state index contributed by atoms with van der Waals surface area (Å²) in [5.74, 6) is 0.925. The Morgan fingerprint density at radius 3 is 2.42 bits per heavy atom. The standard InChI is InChI=1S/C24H29N3O5S/c1-5-27(6-2)33(29,30)22-15-19(13-14-21(22)31-7-3)25-23(28)16-20-17(4)32-24(26-20)18-11-9-8-10-12-18/h8-15H,5-7,16H2,1-4H3,(H,25,28). The highest BCUT2D eigenvalue weighted by molar-refractivity contribution is 7.89. The summed E-state index contributed by atoms with van der Waals surface area (Å²) < 4.78 is 38.8. The van der Waals surface area contributed by atoms with Gasteiger partial charge in [-0.25, -0.2) is 13.4 Å². The van der Waals surface area contributed by atoms with E-state index in [1.54, 1.807) is 39.8 Å². The van der Waals surface area contributed by atoms with Crippen molar-refractivity contribution in [2.24, 2.45) is 0 Å². The minimum absolute atomic E-state index is 0.00644. The lowest BCUT2D eigenvalue weighted by molar-refractivity contribution is -0.115. The zero-order chi connectivity index (χ0) is 24.0. The van der Waals surface area contributed by atoms with Crippen LogP contribution < -0.4 is 10.1 Å². The van der Waals surface area contributed by atoms with Crippen LogP contribution in [0.1, 0.15) is 32.2 Å². The van der Waals surface area contributed by atoms with Gasteiger partial charge in [-0.05, 0) is 44.2 Å². The molecule has 8 nitrogen and oxygen atoms in total. The molecule has 0 atom stereocenters. The molecule has 1 amide bonds. The third-order valence-corrected chi connectivity index (χ3v) is 7.16. The summed E-state index contributed by atoms with van der Waals surface area (Å²) in [7, 11) is -3.78. The van der Waals surface area contributed by atoms with Crippen molar-refractivity contribution in [2.45, 2.75) is 39.0 Å². The Balaban J connectivity index is 1.82. The number of carbonyl (C=O) groups is 1. The van der Waals surface area contributed by atoms with Crippen molar-refractivity contribution in [1.29, 1.82) is 0 Å². The van der Waals surface area contributed by atoms with Crippen molar-refractivity contribution < 1.29 is 22.4 Å². The number of hydrogen-bond acceptors (Lipinski definition) is 6. The summed E-state index contributed by atoms with van der Waals surface area (Å²) in [4.78, 5) is 17.2. The number of rotatable bonds is 10. The first-order chi connectivity index (χ1) is 15.8. The van der Waals surface area contributed by atoms with Gasteiger partial charge in [0.1, 0.15) is 16.4 Å². The van der Waals surface area contributed by atoms with E-state index in [9.17, 15) is 13.2 Å². The molecule has 1 aromatic heterocycles. The Morgan fingerprint density at radius 2 is 1.79 bits per heavy atom. The van der Waals surface area contributed by atoms with Crippen molar-refractivity contribution in [1.82, 2.24) is 9.29 Å². The molecule has 3 rings (SSSR count). The highest BCUT2D eigenvalue weighted by Crippen LogP contribution is 2.30. The Hall–Kier alpha value is -3.17. The van der Waals surface area contributed by atoms with E-state index in [2.05, 4.69) is 10.3 Å². The first kappa shape index (κ1) is 24.5. The second-order valence-corrected chi connectivity index (χ2v) is 9.20. The summed E-state index contributed by atoms with van der Waals surface area (Å²) in [6.45, 7) is 8.07. The van der Waals surface area contributed by atoms with Crippen LogP contribution in [0.4, 0.5) is 5.69 Å². The van der Waals surface area contributed by atoms with Crippen LogP contribution in [0.3, 0.4) is 0 Å². The fourth-order valence-corrected chi connectivity index (χ4v) is 5.03. The SMILES string of the molecule is CCOc1ccc(NC(=O)Cc2nc(-c3ccccc3)oc2C)cc1S(=O)(=O)N(CC)CC. The number of nitrogens with one attached hydrogen (secondary N) is 1. The van der Waals surface area contributed by atoms with Gasteiger partial charge in [-0.1, -0.05) is 32.0 Å². The van der Waals surface area contributed by atoms with E-state index in [4.69, 9.17) is 9.15 Å². The average Bonchev–Trinajstić information content (AvgIpc) is 3.16. The summed E-state index contributed by atoms with van der Waals surface area (Å²) in [6.07, 6.45) is -0.00644. The molecule has 0 aliphatic carbocycles. The van der Waals surface area contributed by atoms with E-state index in [-0.39, 0.29) is 23.0 Å². The van der Waals surface area contributed by atoms with Gasteiger partial charge in [-0.2, -0.15) is 4.31 Å². The van der Waals surface area contributed by atoms with Gasteiger partial charge in [-0.3, -0.25) is 4.79 Å². The van der Waals surface area contributed by atoms with Crippen LogP contribution in [0.5, 0.6) is 5.75 Å². The number of oxazole rings is 1. The number of aryl methyl sites for hydroxylation is 1. The molecule has 3 aromatic rings. The maximum atomic E-state index is 13.1. The Bertz CT molecular complexity index is 1200. The molecular weight excluding hydrogens is 442 g/mol. The second-order valence-electron chi connectivity index (χ2n) is 7.30. The average molecular weight is 472 g/mol. The molecular formula is C24H29N3O5S. The van der Waals surface area contributed by atoms with Crippen molar-refractivity contribution in [2.75, 3.05) is 25.0 Å². The molecule has 0 aliphatic heterocycles. The minimum atomic E-state index is -3.78. The lowest BCUT2D eigenvalue weighted by atomic mass is 10.2. The lowest BCUT2D eigenvalue weighted by Gasteiger charge is -2.21. The molecule has 0 spiro atoms. The monoisotopic (exact) mass is 471 g/mol. The smallest absolute Gasteiger partial charge is 0.246 e. The molecule has 0 saturated carbocycles. The van der Waals surface area contributed by atoms with Crippen molar-refractivity contribution in [3.8, 4) is 17.2 Å². The fraction of sp³-hybridized carbons (Fsp3) is 0.333. The third-order valence-electron chi connectivity index (χ3n) is 5.09. The van der Waals surface area contributed by atoms with Crippen molar-refractivity contribution >= 4 is 21.6 Å². The largest absolute Gasteiger partial charge is 0.492 e. The molecule has 1 N–H and O–H groups in total. The molecule has 2 aromatic carbocycles. The number of nitrogens with zero attached hydrogens (tertiary/aromatic N) is 2. The Labute approximate surface area is 194 Å². The molecule has 1 heterocycles. The molecule has 0 unspecified atom stereocenters. The number of ether oxygens (including phenoxy) is 1. The number of benzene rings is 2. The number of aromatic nitrogens is 1. The van der Waals surface area contributed by atoms with Crippen LogP contribution in [0.15, 0.2) is 57.8 Å². The van der Waals surface area contributed by atoms with E-state index in [0.717, 1.165) is 5.56 Å². The first-order valence-corrected chi connectivity index (χ1v) is 12.3. The Kier molecular flexibility index (Phi) is 7.88. The van der Waals surface area contributed by atoms with E-state index in [0.29, 0.717) is 42.7 Å². The van der Waals surface area contributed by atoms with Gasteiger partial charge in [0.05, 0.1) is 18.7 Å². The van der Waals surface area contributed by atoms with Crippen LogP contribution in [-0.4, -0.2) is 43.3 Å². The topological polar surface area (TPSA) is 102 Å². The molecule has 0 fully saturated rings. The van der Waals surface area contributed by atoms with Gasteiger partial charge in [0.25, 0.3) is 0 Å². The van der Waals surface area contributed by atoms with Crippen LogP contribution in [-0.2, 0) is 21.2 Å². The second kappa shape index (κ2) is 10.6. The predicted molar refractivity (Wildman–Crippen MR) is 127 cm³/mol. The molecule has 176 valence electrons. The zero-order valence-electron chi connectivity index (χ0n) is 19.3. The summed E-state index contributed by atoms with van der Waals surface area (Å²) in [6, 6.07) is 14.0. The van der Waals surface area contributed by atoms with Gasteiger partial charge in [-0.15, -0.1) is 0 Å². The molecule has 0 saturated heterocycles. The van der Waals surface area contributed by atoms with E-state index in [1.165, 1.54) is 10.4 Å². The minimum Gasteiger partial charge on any atom is -0.492 e. The van der Waals surface area contributed by atoms with E-state index < -0.39 is 10.0 Å². The summed E-state index contributed by atoms with van der Waals surface area (Å²) >= 11 is 0. The number of anilines is 1. The number of sulfonamides is 1. The van der Waals surface area contributed by atoms with Gasteiger partial charge < -0.3 is 14.5 Å². The Morgan fingerprint density at radius 1 is 1.09 bits per heavy atom. The number of hydrogen-bond donors (Lipinski definition) is 1. The lowest BCUT2D eigenvalue weighted by Crippen LogP contribution is -2.31. The van der Waals surface area contributed by atoms with Crippen LogP contribution in [0, 0.1) is 6.92 Å². The molecule has 0 bridgehead atoms. The number of carbonyl (C=O) groups excluding carboxylic acids is 1. The maximum absolute atomic E-state index is 13.1. The molecule has 0 radical (unpaired) electrons. The van der Waals surface area contributed by atoms with Gasteiger partial charge in [0.15, 0.2) is 0 Å². The maximum Gasteiger partial charge on any atom is 0.246 e. The van der Waals surface area contributed by atoms with Crippen molar-refractivity contribution in [3.05, 3.63) is 60.0 Å². The quantitative estimate of drug-likeness (QED) is 0.474. The van der Waals surface area contributed by atoms with Gasteiger partial charge in [0, 0.05) is 24.3 Å². The van der Waals surface area contributed by atoms with Crippen molar-refractivity contribution in [3.63, 3.8) is 0 Å². The van der Waals surface area contributed by atoms with Gasteiger partial charge >= 0.3 is 0 Å². The number of amides is 1. The van der Waals surface area contributed by atoms with Crippen LogP contribution in [0.2, 0.25) is 0 Å². The summed E-state index contributed by atoms with van der Waals surface area (Å²) in [5, 5.41) is 2.76. The highest BCUT2D eigenvalue weighted by atomic mass is 32.2. The van der Waals surface area contributed by atoms with Gasteiger partial charge in [0.2, 0.25) is 21.8 Å².